The van der Waals surface area contributed by atoms with Gasteiger partial charge in [0, 0.05) is 35.8 Å². The molecule has 2 saturated carbocycles. The van der Waals surface area contributed by atoms with Gasteiger partial charge in [-0.05, 0) is 73.4 Å². The third kappa shape index (κ3) is 5.74. The van der Waals surface area contributed by atoms with Gasteiger partial charge >= 0.3 is 0 Å². The smallest absolute Gasteiger partial charge is 0.255 e. The van der Waals surface area contributed by atoms with Gasteiger partial charge in [0.05, 0.1) is 34.0 Å². The molecule has 1 heterocycles. The Morgan fingerprint density at radius 1 is 1.05 bits per heavy atom. The third-order valence-electron chi connectivity index (χ3n) is 7.61. The molecule has 0 radical (unpaired) electrons. The number of carbonyl (C=O) groups excluding carboxylic acids is 1. The lowest BCUT2D eigenvalue weighted by Gasteiger charge is -2.40. The van der Waals surface area contributed by atoms with E-state index in [1.807, 2.05) is 12.1 Å². The van der Waals surface area contributed by atoms with Crippen LogP contribution < -0.4 is 5.32 Å². The number of hydrogen-bond donors (Lipinski definition) is 2. The Kier molecular flexibility index (Phi) is 7.93. The number of anilines is 1. The number of sulfone groups is 1. The van der Waals surface area contributed by atoms with Crippen molar-refractivity contribution in [3.8, 4) is 0 Å². The third-order valence-corrected chi connectivity index (χ3v) is 10.5. The molecule has 4 atom stereocenters. The highest BCUT2D eigenvalue weighted by Gasteiger charge is 2.54. The fourth-order valence-corrected chi connectivity index (χ4v) is 8.78. The average molecular weight is 595 g/mol. The first-order valence-corrected chi connectivity index (χ1v) is 14.6. The zero-order valence-electron chi connectivity index (χ0n) is 21.1. The quantitative estimate of drug-likeness (QED) is 0.342. The number of aromatic nitrogens is 1. The van der Waals surface area contributed by atoms with Crippen molar-refractivity contribution in [1.29, 1.82) is 0 Å². The summed E-state index contributed by atoms with van der Waals surface area (Å²) in [7, 11) is -4.03. The lowest BCUT2D eigenvalue weighted by Crippen LogP contribution is -2.48. The van der Waals surface area contributed by atoms with E-state index in [4.69, 9.17) is 16.3 Å². The number of fused-ring (bicyclic) bond motifs is 2. The molecule has 2 bridgehead atoms. The number of rotatable bonds is 8. The highest BCUT2D eigenvalue weighted by Crippen LogP contribution is 2.51. The standard InChI is InChI=1S/C28H26ClF3N2O5S/c29-21-4-3-17(27(35)34-20-10-22(30)25(32)23(31)11-20)9-24(21)40(37,38)26-18-1-2-19(26)13-28(36,12-18)15-39-14-16-5-7-33-8-6-16/h3-11,18-19,26,36H,1-2,12-15H2,(H,34,35)/t18-,19?,26+,28+/m0/s1. The Morgan fingerprint density at radius 2 is 1.68 bits per heavy atom. The second kappa shape index (κ2) is 11.1. The van der Waals surface area contributed by atoms with Gasteiger partial charge in [0.15, 0.2) is 27.3 Å². The van der Waals surface area contributed by atoms with Gasteiger partial charge in [-0.1, -0.05) is 11.6 Å². The van der Waals surface area contributed by atoms with E-state index in [9.17, 15) is 31.5 Å². The summed E-state index contributed by atoms with van der Waals surface area (Å²) in [6, 6.07) is 8.53. The van der Waals surface area contributed by atoms with Crippen molar-refractivity contribution >= 4 is 33.0 Å². The van der Waals surface area contributed by atoms with E-state index in [2.05, 4.69) is 10.3 Å². The fraction of sp³-hybridized carbons (Fsp3) is 0.357. The largest absolute Gasteiger partial charge is 0.387 e. The topological polar surface area (TPSA) is 106 Å². The molecular formula is C28H26ClF3N2O5S. The number of ether oxygens (including phenoxy) is 1. The number of amides is 1. The minimum Gasteiger partial charge on any atom is -0.387 e. The molecule has 2 aliphatic carbocycles. The van der Waals surface area contributed by atoms with Crippen LogP contribution in [0, 0.1) is 29.3 Å². The van der Waals surface area contributed by atoms with Crippen molar-refractivity contribution < 1.29 is 36.2 Å². The lowest BCUT2D eigenvalue weighted by atomic mass is 9.77. The normalized spacial score (nSPS) is 24.2. The number of nitrogens with one attached hydrogen (secondary N) is 1. The van der Waals surface area contributed by atoms with Crippen LogP contribution in [0.5, 0.6) is 0 Å². The van der Waals surface area contributed by atoms with Crippen molar-refractivity contribution in [2.24, 2.45) is 11.8 Å². The highest BCUT2D eigenvalue weighted by molar-refractivity contribution is 7.92. The van der Waals surface area contributed by atoms with Crippen LogP contribution in [0.25, 0.3) is 0 Å². The summed E-state index contributed by atoms with van der Waals surface area (Å²) in [6.45, 7) is 0.361. The van der Waals surface area contributed by atoms with Gasteiger partial charge in [-0.25, -0.2) is 21.6 Å². The summed E-state index contributed by atoms with van der Waals surface area (Å²) in [6.07, 6.45) is 5.00. The summed E-state index contributed by atoms with van der Waals surface area (Å²) in [5.41, 5.74) is -0.712. The molecule has 7 nitrogen and oxygen atoms in total. The van der Waals surface area contributed by atoms with Gasteiger partial charge < -0.3 is 15.2 Å². The number of halogens is 4. The first kappa shape index (κ1) is 28.5. The van der Waals surface area contributed by atoms with Crippen LogP contribution in [0.3, 0.4) is 0 Å². The number of aliphatic hydroxyl groups is 1. The predicted molar refractivity (Wildman–Crippen MR) is 141 cm³/mol. The zero-order chi connectivity index (χ0) is 28.7. The second-order valence-electron chi connectivity index (χ2n) is 10.4. The first-order valence-electron chi connectivity index (χ1n) is 12.7. The van der Waals surface area contributed by atoms with Crippen molar-refractivity contribution in [3.63, 3.8) is 0 Å². The van der Waals surface area contributed by atoms with E-state index in [1.165, 1.54) is 12.1 Å². The minimum atomic E-state index is -4.03. The zero-order valence-corrected chi connectivity index (χ0v) is 22.7. The maximum atomic E-state index is 13.9. The van der Waals surface area contributed by atoms with Crippen LogP contribution >= 0.6 is 11.6 Å². The van der Waals surface area contributed by atoms with E-state index >= 15 is 0 Å². The van der Waals surface area contributed by atoms with Crippen molar-refractivity contribution in [2.45, 2.75) is 48.0 Å². The Hall–Kier alpha value is -2.99. The summed E-state index contributed by atoms with van der Waals surface area (Å²) >= 11 is 6.30. The maximum Gasteiger partial charge on any atom is 0.255 e. The molecule has 2 fully saturated rings. The molecule has 0 saturated heterocycles. The molecule has 212 valence electrons. The van der Waals surface area contributed by atoms with Crippen molar-refractivity contribution in [3.05, 3.63) is 88.5 Å². The molecule has 2 N–H and O–H groups in total. The molecule has 3 aromatic rings. The van der Waals surface area contributed by atoms with E-state index in [0.717, 1.165) is 11.6 Å². The van der Waals surface area contributed by atoms with Gasteiger partial charge in [-0.3, -0.25) is 9.78 Å². The minimum absolute atomic E-state index is 0.0656. The van der Waals surface area contributed by atoms with Crippen LogP contribution in [-0.2, 0) is 21.2 Å². The fourth-order valence-electron chi connectivity index (χ4n) is 5.94. The molecule has 0 aliphatic heterocycles. The van der Waals surface area contributed by atoms with Gasteiger partial charge in [0.2, 0.25) is 0 Å². The van der Waals surface area contributed by atoms with Crippen LogP contribution in [-0.4, -0.2) is 41.9 Å². The van der Waals surface area contributed by atoms with Crippen LogP contribution in [0.15, 0.2) is 59.8 Å². The van der Waals surface area contributed by atoms with Crippen molar-refractivity contribution in [2.75, 3.05) is 11.9 Å². The highest BCUT2D eigenvalue weighted by atomic mass is 35.5. The van der Waals surface area contributed by atoms with Crippen molar-refractivity contribution in [1.82, 2.24) is 4.98 Å². The molecule has 0 spiro atoms. The maximum absolute atomic E-state index is 13.9. The molecule has 12 heteroatoms. The Balaban J connectivity index is 1.32. The Labute approximate surface area is 234 Å². The van der Waals surface area contributed by atoms with Crippen LogP contribution in [0.1, 0.15) is 41.6 Å². The SMILES string of the molecule is O=C(Nc1cc(F)c(F)c(F)c1)c1ccc(Cl)c(S(=O)(=O)[C@H]2C3CC[C@H]2C[C@](O)(COCc2ccncc2)C3)c1. The lowest BCUT2D eigenvalue weighted by molar-refractivity contribution is -0.0866. The summed E-state index contributed by atoms with van der Waals surface area (Å²) < 4.78 is 73.9. The number of carbonyl (C=O) groups is 1. The monoisotopic (exact) mass is 594 g/mol. The van der Waals surface area contributed by atoms with Gasteiger partial charge in [-0.15, -0.1) is 0 Å². The average Bonchev–Trinajstić information content (AvgIpc) is 3.21. The van der Waals surface area contributed by atoms with Crippen LogP contribution in [0.4, 0.5) is 18.9 Å². The Bertz CT molecular complexity index is 1500. The second-order valence-corrected chi connectivity index (χ2v) is 12.9. The van der Waals surface area contributed by atoms with E-state index in [-0.39, 0.29) is 52.5 Å². The van der Waals surface area contributed by atoms with Gasteiger partial charge in [0.25, 0.3) is 5.91 Å². The summed E-state index contributed by atoms with van der Waals surface area (Å²) in [4.78, 5) is 16.5. The van der Waals surface area contributed by atoms with Gasteiger partial charge in [0.1, 0.15) is 0 Å². The van der Waals surface area contributed by atoms with E-state index in [1.54, 1.807) is 12.4 Å². The van der Waals surface area contributed by atoms with Gasteiger partial charge in [-0.2, -0.15) is 0 Å². The molecule has 1 unspecified atom stereocenters. The molecule has 5 rings (SSSR count). The molecule has 40 heavy (non-hydrogen) atoms. The number of benzene rings is 2. The number of hydrogen-bond acceptors (Lipinski definition) is 6. The summed E-state index contributed by atoms with van der Waals surface area (Å²) in [5.74, 6) is -6.16. The molecule has 1 aromatic heterocycles. The molecule has 1 amide bonds. The summed E-state index contributed by atoms with van der Waals surface area (Å²) in [5, 5.41) is 12.6. The van der Waals surface area contributed by atoms with E-state index in [0.29, 0.717) is 31.6 Å². The molecule has 2 aliphatic rings. The van der Waals surface area contributed by atoms with E-state index < -0.39 is 44.0 Å². The first-order chi connectivity index (χ1) is 19.0. The Morgan fingerprint density at radius 3 is 2.30 bits per heavy atom. The number of nitrogens with zero attached hydrogens (tertiary/aromatic N) is 1. The molecule has 2 aromatic carbocycles. The van der Waals surface area contributed by atoms with Crippen LogP contribution in [0.2, 0.25) is 5.02 Å². The predicted octanol–water partition coefficient (Wildman–Crippen LogP) is 5.31. The molecular weight excluding hydrogens is 569 g/mol. The number of pyridine rings is 1.